The number of hydrogen-bond donors (Lipinski definition) is 0. The molecule has 1 aliphatic carbocycles. The molecule has 1 rings (SSSR count). The monoisotopic (exact) mass is 303 g/mol. The van der Waals surface area contributed by atoms with Gasteiger partial charge in [0.05, 0.1) is 0 Å². The van der Waals surface area contributed by atoms with E-state index in [9.17, 15) is 51.8 Å². The van der Waals surface area contributed by atoms with Gasteiger partial charge in [-0.3, -0.25) is 0 Å². The quantitative estimate of drug-likeness (QED) is 0.433. The van der Waals surface area contributed by atoms with Crippen LogP contribution in [0, 0.1) is 0 Å². The number of hydrogen-bond acceptors (Lipinski definition) is 0. The first kappa shape index (κ1) is 22.5. The number of halogens is 12. The molecule has 0 saturated heterocycles. The van der Waals surface area contributed by atoms with Gasteiger partial charge in [-0.1, -0.05) is 19.3 Å². The summed E-state index contributed by atoms with van der Waals surface area (Å²) in [6.45, 7) is 0. The molecule has 0 aromatic rings. The number of rotatable bonds is 0. The summed E-state index contributed by atoms with van der Waals surface area (Å²) in [6, 6.07) is 0. The predicted octanol–water partition coefficient (Wildman–Crippen LogP) is 5.07. The van der Waals surface area contributed by atoms with E-state index in [2.05, 4.69) is 0 Å². The molecule has 0 N–H and O–H groups in total. The topological polar surface area (TPSA) is 0 Å². The molecule has 114 valence electrons. The molecular formula is C3H6B3F12-3. The molecule has 1 saturated carbocycles. The summed E-state index contributed by atoms with van der Waals surface area (Å²) in [5.74, 6) is 0. The highest BCUT2D eigenvalue weighted by atomic mass is 19.5. The fraction of sp³-hybridized carbons (Fsp3) is 1.00. The zero-order chi connectivity index (χ0) is 15.6. The average molecular weight is 302 g/mol. The molecule has 18 heavy (non-hydrogen) atoms. The van der Waals surface area contributed by atoms with E-state index in [-0.39, 0.29) is 0 Å². The summed E-state index contributed by atoms with van der Waals surface area (Å²) in [6.07, 6.45) is 4.50. The molecule has 0 aromatic carbocycles. The van der Waals surface area contributed by atoms with Crippen LogP contribution in [0.15, 0.2) is 0 Å². The van der Waals surface area contributed by atoms with Crippen LogP contribution < -0.4 is 0 Å². The Morgan fingerprint density at radius 2 is 0.389 bits per heavy atom. The van der Waals surface area contributed by atoms with Gasteiger partial charge in [0.2, 0.25) is 0 Å². The van der Waals surface area contributed by atoms with Crippen molar-refractivity contribution in [2.45, 2.75) is 19.3 Å². The summed E-state index contributed by atoms with van der Waals surface area (Å²) in [7, 11) is -18.0. The Hall–Kier alpha value is -0.645. The lowest BCUT2D eigenvalue weighted by Gasteiger charge is -1.94. The lowest BCUT2D eigenvalue weighted by atomic mass is 10.3. The molecule has 15 heteroatoms. The second-order valence-electron chi connectivity index (χ2n) is 2.55. The van der Waals surface area contributed by atoms with E-state index in [1.165, 1.54) is 19.3 Å². The van der Waals surface area contributed by atoms with Crippen LogP contribution in [-0.2, 0) is 0 Å². The van der Waals surface area contributed by atoms with E-state index in [0.29, 0.717) is 0 Å². The minimum Gasteiger partial charge on any atom is -0.418 e. The first-order valence-corrected chi connectivity index (χ1v) is 4.12. The van der Waals surface area contributed by atoms with Crippen molar-refractivity contribution in [2.75, 3.05) is 0 Å². The highest BCUT2D eigenvalue weighted by Crippen LogP contribution is 2.14. The molecule has 0 amide bonds. The maximum absolute atomic E-state index is 9.75. The third-order valence-electron chi connectivity index (χ3n) is 0.354. The molecule has 0 unspecified atom stereocenters. The van der Waals surface area contributed by atoms with Crippen LogP contribution in [0.3, 0.4) is 0 Å². The van der Waals surface area contributed by atoms with Gasteiger partial charge in [-0.15, -0.1) is 0 Å². The SMILES string of the molecule is C1CC1.F[B-](F)(F)F.F[B-](F)(F)F.F[B-](F)(F)F. The molecule has 0 aromatic heterocycles. The van der Waals surface area contributed by atoms with E-state index in [4.69, 9.17) is 0 Å². The molecule has 0 heterocycles. The molecule has 1 aliphatic rings. The minimum atomic E-state index is -6.00. The summed E-state index contributed by atoms with van der Waals surface area (Å²) >= 11 is 0. The van der Waals surface area contributed by atoms with Crippen LogP contribution in [-0.4, -0.2) is 21.8 Å². The smallest absolute Gasteiger partial charge is 0.418 e. The van der Waals surface area contributed by atoms with Gasteiger partial charge in [0.15, 0.2) is 0 Å². The van der Waals surface area contributed by atoms with Crippen LogP contribution in [0.5, 0.6) is 0 Å². The maximum atomic E-state index is 9.75. The summed E-state index contributed by atoms with van der Waals surface area (Å²) in [4.78, 5) is 0. The normalized spacial score (nSPS) is 14.0. The van der Waals surface area contributed by atoms with Crippen molar-refractivity contribution >= 4 is 21.8 Å². The minimum absolute atomic E-state index is 1.50. The molecule has 0 atom stereocenters. The lowest BCUT2D eigenvalue weighted by molar-refractivity contribution is 0.366. The summed E-state index contributed by atoms with van der Waals surface area (Å²) in [5.41, 5.74) is 0. The molecule has 0 nitrogen and oxygen atoms in total. The second kappa shape index (κ2) is 9.31. The Morgan fingerprint density at radius 3 is 0.389 bits per heavy atom. The zero-order valence-corrected chi connectivity index (χ0v) is 8.39. The van der Waals surface area contributed by atoms with E-state index in [0.717, 1.165) is 0 Å². The van der Waals surface area contributed by atoms with Crippen LogP contribution in [0.4, 0.5) is 51.8 Å². The Kier molecular flexibility index (Phi) is 11.6. The standard InChI is InChI=1S/C3H6.3BF4/c1-2-3-1;3*2-1(3,4)5/h1-3H2;;;/q;3*-1. The van der Waals surface area contributed by atoms with Gasteiger partial charge in [-0.05, 0) is 0 Å². The molecule has 0 radical (unpaired) electrons. The van der Waals surface area contributed by atoms with Crippen molar-refractivity contribution in [3.63, 3.8) is 0 Å². The first-order valence-electron chi connectivity index (χ1n) is 4.12. The van der Waals surface area contributed by atoms with Crippen LogP contribution in [0.1, 0.15) is 19.3 Å². The van der Waals surface area contributed by atoms with Crippen molar-refractivity contribution in [3.8, 4) is 0 Å². The Balaban J connectivity index is -0.000000168. The highest BCUT2D eigenvalue weighted by molar-refractivity contribution is 6.50. The van der Waals surface area contributed by atoms with Gasteiger partial charge in [-0.25, -0.2) is 0 Å². The molecular weight excluding hydrogens is 296 g/mol. The van der Waals surface area contributed by atoms with Crippen LogP contribution in [0.25, 0.3) is 0 Å². The molecule has 1 fully saturated rings. The van der Waals surface area contributed by atoms with Gasteiger partial charge in [0, 0.05) is 0 Å². The Bertz CT molecular complexity index is 127. The average Bonchev–Trinajstić information content (AvgIpc) is 2.49. The zero-order valence-electron chi connectivity index (χ0n) is 8.39. The predicted molar refractivity (Wildman–Crippen MR) is 44.4 cm³/mol. The van der Waals surface area contributed by atoms with Crippen LogP contribution >= 0.6 is 0 Å². The largest absolute Gasteiger partial charge is 0.673 e. The molecule has 0 spiro atoms. The van der Waals surface area contributed by atoms with Gasteiger partial charge in [0.1, 0.15) is 0 Å². The van der Waals surface area contributed by atoms with Gasteiger partial charge >= 0.3 is 21.8 Å². The van der Waals surface area contributed by atoms with Crippen molar-refractivity contribution < 1.29 is 51.8 Å². The van der Waals surface area contributed by atoms with E-state index >= 15 is 0 Å². The third kappa shape index (κ3) is 25100. The first-order chi connectivity index (χ1) is 7.50. The van der Waals surface area contributed by atoms with Crippen molar-refractivity contribution in [1.29, 1.82) is 0 Å². The fourth-order valence-corrected chi connectivity index (χ4v) is 0. The van der Waals surface area contributed by atoms with Crippen molar-refractivity contribution in [2.24, 2.45) is 0 Å². The van der Waals surface area contributed by atoms with Crippen LogP contribution in [0.2, 0.25) is 0 Å². The fourth-order valence-electron chi connectivity index (χ4n) is 0. The third-order valence-corrected chi connectivity index (χ3v) is 0.354. The Labute approximate surface area is 94.0 Å². The highest BCUT2D eigenvalue weighted by Gasteiger charge is 2.21. The van der Waals surface area contributed by atoms with E-state index in [1.54, 1.807) is 0 Å². The molecule has 0 aliphatic heterocycles. The van der Waals surface area contributed by atoms with Crippen molar-refractivity contribution in [3.05, 3.63) is 0 Å². The van der Waals surface area contributed by atoms with Gasteiger partial charge in [-0.2, -0.15) is 0 Å². The van der Waals surface area contributed by atoms with E-state index in [1.807, 2.05) is 0 Å². The molecule has 0 bridgehead atoms. The maximum Gasteiger partial charge on any atom is 0.673 e. The van der Waals surface area contributed by atoms with Crippen molar-refractivity contribution in [1.82, 2.24) is 0 Å². The van der Waals surface area contributed by atoms with E-state index < -0.39 is 21.8 Å². The Morgan fingerprint density at radius 1 is 0.333 bits per heavy atom. The summed E-state index contributed by atoms with van der Waals surface area (Å²) < 4.78 is 117. The second-order valence-corrected chi connectivity index (χ2v) is 2.55. The summed E-state index contributed by atoms with van der Waals surface area (Å²) in [5, 5.41) is 0. The van der Waals surface area contributed by atoms with Gasteiger partial charge in [0.25, 0.3) is 0 Å². The lowest BCUT2D eigenvalue weighted by Crippen LogP contribution is -2.02. The van der Waals surface area contributed by atoms with Gasteiger partial charge < -0.3 is 51.8 Å².